The van der Waals surface area contributed by atoms with Crippen molar-refractivity contribution in [1.29, 1.82) is 0 Å². The van der Waals surface area contributed by atoms with Crippen molar-refractivity contribution in [1.82, 2.24) is 15.2 Å². The highest BCUT2D eigenvalue weighted by Crippen LogP contribution is 2.31. The van der Waals surface area contributed by atoms with Crippen molar-refractivity contribution in [2.45, 2.75) is 45.1 Å². The molecule has 3 atom stereocenters. The number of aromatic nitrogens is 2. The van der Waals surface area contributed by atoms with Crippen LogP contribution in [0.4, 0.5) is 0 Å². The maximum absolute atomic E-state index is 5.73. The van der Waals surface area contributed by atoms with Crippen molar-refractivity contribution < 1.29 is 0 Å². The first-order chi connectivity index (χ1) is 8.19. The molecule has 0 saturated heterocycles. The summed E-state index contributed by atoms with van der Waals surface area (Å²) in [6, 6.07) is 0.391. The van der Waals surface area contributed by atoms with Crippen LogP contribution in [0.25, 0.3) is 0 Å². The van der Waals surface area contributed by atoms with Crippen LogP contribution in [-0.4, -0.2) is 15.8 Å². The van der Waals surface area contributed by atoms with Crippen LogP contribution in [0.5, 0.6) is 0 Å². The summed E-state index contributed by atoms with van der Waals surface area (Å²) in [6.07, 6.45) is 10.3. The monoisotopic (exact) mass is 236 g/mol. The minimum Gasteiger partial charge on any atom is -0.276 e. The number of hydrogen-bond acceptors (Lipinski definition) is 3. The number of hydrogen-bond donors (Lipinski definition) is 2. The zero-order chi connectivity index (χ0) is 12.3. The Morgan fingerprint density at radius 1 is 1.59 bits per heavy atom. The van der Waals surface area contributed by atoms with E-state index in [9.17, 15) is 0 Å². The SMILES string of the molecule is CC1CCCC(C(Cc2cnn(C)c2)NN)C1. The van der Waals surface area contributed by atoms with Crippen LogP contribution in [0.15, 0.2) is 12.4 Å². The van der Waals surface area contributed by atoms with E-state index >= 15 is 0 Å². The van der Waals surface area contributed by atoms with Gasteiger partial charge >= 0.3 is 0 Å². The summed E-state index contributed by atoms with van der Waals surface area (Å²) in [5.74, 6) is 7.28. The molecule has 3 N–H and O–H groups in total. The molecule has 2 rings (SSSR count). The van der Waals surface area contributed by atoms with Crippen molar-refractivity contribution in [2.75, 3.05) is 0 Å². The number of nitrogens with one attached hydrogen (secondary N) is 1. The van der Waals surface area contributed by atoms with Gasteiger partial charge in [0, 0.05) is 19.3 Å². The van der Waals surface area contributed by atoms with Crippen LogP contribution in [0.3, 0.4) is 0 Å². The molecule has 1 aliphatic carbocycles. The van der Waals surface area contributed by atoms with Crippen molar-refractivity contribution >= 4 is 0 Å². The summed E-state index contributed by atoms with van der Waals surface area (Å²) in [4.78, 5) is 0. The smallest absolute Gasteiger partial charge is 0.0522 e. The molecule has 1 fully saturated rings. The van der Waals surface area contributed by atoms with Crippen LogP contribution in [-0.2, 0) is 13.5 Å². The fraction of sp³-hybridized carbons (Fsp3) is 0.769. The van der Waals surface area contributed by atoms with Crippen molar-refractivity contribution in [3.8, 4) is 0 Å². The Hall–Kier alpha value is -0.870. The Morgan fingerprint density at radius 2 is 2.41 bits per heavy atom. The van der Waals surface area contributed by atoms with E-state index in [2.05, 4.69) is 23.6 Å². The third-order valence-corrected chi connectivity index (χ3v) is 3.97. The van der Waals surface area contributed by atoms with Gasteiger partial charge in [-0.15, -0.1) is 0 Å². The maximum Gasteiger partial charge on any atom is 0.0522 e. The second kappa shape index (κ2) is 5.65. The summed E-state index contributed by atoms with van der Waals surface area (Å²) >= 11 is 0. The van der Waals surface area contributed by atoms with Crippen molar-refractivity contribution in [3.05, 3.63) is 18.0 Å². The van der Waals surface area contributed by atoms with Crippen LogP contribution in [0.1, 0.15) is 38.2 Å². The highest BCUT2D eigenvalue weighted by atomic mass is 15.2. The van der Waals surface area contributed by atoms with Crippen LogP contribution in [0.2, 0.25) is 0 Å². The van der Waals surface area contributed by atoms with Gasteiger partial charge in [0.2, 0.25) is 0 Å². The molecule has 17 heavy (non-hydrogen) atoms. The first-order valence-electron chi connectivity index (χ1n) is 6.62. The molecule has 0 aliphatic heterocycles. The van der Waals surface area contributed by atoms with E-state index in [0.717, 1.165) is 12.3 Å². The first-order valence-corrected chi connectivity index (χ1v) is 6.62. The molecule has 1 aromatic rings. The lowest BCUT2D eigenvalue weighted by Crippen LogP contribution is -2.43. The summed E-state index contributed by atoms with van der Waals surface area (Å²) < 4.78 is 1.85. The van der Waals surface area contributed by atoms with Gasteiger partial charge in [-0.1, -0.05) is 19.8 Å². The predicted molar refractivity (Wildman–Crippen MR) is 69.1 cm³/mol. The second-order valence-corrected chi connectivity index (χ2v) is 5.53. The van der Waals surface area contributed by atoms with Gasteiger partial charge in [-0.25, -0.2) is 0 Å². The van der Waals surface area contributed by atoms with Crippen LogP contribution in [0, 0.1) is 11.8 Å². The third-order valence-electron chi connectivity index (χ3n) is 3.97. The van der Waals surface area contributed by atoms with Crippen molar-refractivity contribution in [3.63, 3.8) is 0 Å². The van der Waals surface area contributed by atoms with Gasteiger partial charge in [-0.2, -0.15) is 5.10 Å². The molecule has 1 saturated carbocycles. The molecule has 1 heterocycles. The van der Waals surface area contributed by atoms with Gasteiger partial charge in [0.25, 0.3) is 0 Å². The lowest BCUT2D eigenvalue weighted by atomic mass is 9.77. The minimum atomic E-state index is 0.391. The highest BCUT2D eigenvalue weighted by Gasteiger charge is 2.26. The Balaban J connectivity index is 1.95. The topological polar surface area (TPSA) is 55.9 Å². The highest BCUT2D eigenvalue weighted by molar-refractivity contribution is 5.06. The molecule has 4 heteroatoms. The molecular formula is C13H24N4. The summed E-state index contributed by atoms with van der Waals surface area (Å²) in [7, 11) is 1.96. The molecule has 0 amide bonds. The summed E-state index contributed by atoms with van der Waals surface area (Å²) in [6.45, 7) is 2.35. The lowest BCUT2D eigenvalue weighted by Gasteiger charge is -2.32. The zero-order valence-corrected chi connectivity index (χ0v) is 10.9. The van der Waals surface area contributed by atoms with Gasteiger partial charge in [-0.05, 0) is 36.7 Å². The lowest BCUT2D eigenvalue weighted by molar-refractivity contribution is 0.222. The number of aryl methyl sites for hydroxylation is 1. The average molecular weight is 236 g/mol. The Bertz CT molecular complexity index is 347. The Labute approximate surface area is 104 Å². The fourth-order valence-corrected chi connectivity index (χ4v) is 3.04. The molecule has 4 nitrogen and oxygen atoms in total. The van der Waals surface area contributed by atoms with Gasteiger partial charge in [-0.3, -0.25) is 16.0 Å². The predicted octanol–water partition coefficient (Wildman–Crippen LogP) is 1.62. The van der Waals surface area contributed by atoms with E-state index in [1.165, 1.54) is 31.2 Å². The van der Waals surface area contributed by atoms with E-state index in [1.54, 1.807) is 0 Å². The number of hydrazine groups is 1. The van der Waals surface area contributed by atoms with Crippen LogP contribution < -0.4 is 11.3 Å². The quantitative estimate of drug-likeness (QED) is 0.617. The number of rotatable bonds is 4. The molecule has 0 radical (unpaired) electrons. The molecular weight excluding hydrogens is 212 g/mol. The largest absolute Gasteiger partial charge is 0.276 e. The molecule has 0 bridgehead atoms. The van der Waals surface area contributed by atoms with Gasteiger partial charge in [0.1, 0.15) is 0 Å². The Kier molecular flexibility index (Phi) is 4.18. The standard InChI is InChI=1S/C13H24N4/c1-10-4-3-5-12(6-10)13(16-14)7-11-8-15-17(2)9-11/h8-10,12-13,16H,3-7,14H2,1-2H3. The maximum atomic E-state index is 5.73. The molecule has 1 aromatic heterocycles. The van der Waals surface area contributed by atoms with Gasteiger partial charge in [0.05, 0.1) is 6.20 Å². The molecule has 1 aliphatic rings. The van der Waals surface area contributed by atoms with E-state index in [4.69, 9.17) is 5.84 Å². The van der Waals surface area contributed by atoms with E-state index in [0.29, 0.717) is 12.0 Å². The van der Waals surface area contributed by atoms with Crippen molar-refractivity contribution in [2.24, 2.45) is 24.7 Å². The summed E-state index contributed by atoms with van der Waals surface area (Å²) in [5, 5.41) is 4.21. The number of nitrogens with two attached hydrogens (primary N) is 1. The average Bonchev–Trinajstić information content (AvgIpc) is 2.72. The van der Waals surface area contributed by atoms with E-state index in [-0.39, 0.29) is 0 Å². The molecule has 96 valence electrons. The second-order valence-electron chi connectivity index (χ2n) is 5.53. The van der Waals surface area contributed by atoms with Gasteiger partial charge in [0.15, 0.2) is 0 Å². The third kappa shape index (κ3) is 3.30. The normalized spacial score (nSPS) is 27.0. The van der Waals surface area contributed by atoms with E-state index in [1.807, 2.05) is 17.9 Å². The molecule has 0 spiro atoms. The van der Waals surface area contributed by atoms with Crippen LogP contribution >= 0.6 is 0 Å². The summed E-state index contributed by atoms with van der Waals surface area (Å²) in [5.41, 5.74) is 4.28. The number of nitrogens with zero attached hydrogens (tertiary/aromatic N) is 2. The fourth-order valence-electron chi connectivity index (χ4n) is 3.04. The van der Waals surface area contributed by atoms with Gasteiger partial charge < -0.3 is 0 Å². The minimum absolute atomic E-state index is 0.391. The van der Waals surface area contributed by atoms with E-state index < -0.39 is 0 Å². The Morgan fingerprint density at radius 3 is 3.00 bits per heavy atom. The zero-order valence-electron chi connectivity index (χ0n) is 10.9. The molecule has 3 unspecified atom stereocenters. The molecule has 0 aromatic carbocycles. The first kappa shape index (κ1) is 12.6.